The third kappa shape index (κ3) is 5.97. The van der Waals surface area contributed by atoms with Crippen LogP contribution in [0.5, 0.6) is 11.5 Å². The van der Waals surface area contributed by atoms with E-state index in [0.717, 1.165) is 5.56 Å². The number of halogens is 1. The first-order chi connectivity index (χ1) is 12.8. The van der Waals surface area contributed by atoms with Crippen molar-refractivity contribution >= 4 is 45.6 Å². The summed E-state index contributed by atoms with van der Waals surface area (Å²) >= 11 is 0. The molecule has 0 spiro atoms. The van der Waals surface area contributed by atoms with Crippen LogP contribution in [0.15, 0.2) is 52.4 Å². The van der Waals surface area contributed by atoms with Crippen LogP contribution < -0.4 is 20.5 Å². The fraction of sp³-hybridized carbons (Fsp3) is 0.278. The second kappa shape index (κ2) is 10.5. The number of hydrogen-bond acceptors (Lipinski definition) is 5. The average Bonchev–Trinajstić information content (AvgIpc) is 2.66. The second-order valence-corrected chi connectivity index (χ2v) is 7.98. The van der Waals surface area contributed by atoms with Gasteiger partial charge < -0.3 is 20.5 Å². The Balaban J connectivity index is 0.00000392. The molecule has 0 heterocycles. The largest absolute Gasteiger partial charge is 0.493 e. The highest BCUT2D eigenvalue weighted by Gasteiger charge is 2.16. The molecular formula is C18H25IN4O4S. The molecule has 0 fully saturated rings. The van der Waals surface area contributed by atoms with Crippen LogP contribution in [0.2, 0.25) is 0 Å². The highest BCUT2D eigenvalue weighted by molar-refractivity contribution is 14.0. The molecule has 2 rings (SSSR count). The number of nitrogens with one attached hydrogen (secondary N) is 1. The SMILES string of the molecule is COc1ccc(NC(N)=NCc2ccc(S(=O)(=O)N(C)C)cc2)cc1OC.I. The molecule has 0 atom stereocenters. The van der Waals surface area contributed by atoms with E-state index in [2.05, 4.69) is 10.3 Å². The van der Waals surface area contributed by atoms with Crippen LogP contribution in [-0.4, -0.2) is 47.0 Å². The van der Waals surface area contributed by atoms with Crippen LogP contribution in [0.3, 0.4) is 0 Å². The summed E-state index contributed by atoms with van der Waals surface area (Å²) in [5.74, 6) is 1.42. The summed E-state index contributed by atoms with van der Waals surface area (Å²) in [4.78, 5) is 4.50. The molecule has 10 heteroatoms. The smallest absolute Gasteiger partial charge is 0.242 e. The average molecular weight is 520 g/mol. The van der Waals surface area contributed by atoms with Crippen molar-refractivity contribution in [2.24, 2.45) is 10.7 Å². The second-order valence-electron chi connectivity index (χ2n) is 5.83. The number of hydrogen-bond donors (Lipinski definition) is 2. The maximum absolute atomic E-state index is 12.1. The zero-order chi connectivity index (χ0) is 20.0. The van der Waals surface area contributed by atoms with Gasteiger partial charge in [0.25, 0.3) is 0 Å². The van der Waals surface area contributed by atoms with E-state index in [9.17, 15) is 8.42 Å². The van der Waals surface area contributed by atoms with Crippen LogP contribution in [-0.2, 0) is 16.6 Å². The number of sulfonamides is 1. The van der Waals surface area contributed by atoms with Gasteiger partial charge in [0.15, 0.2) is 17.5 Å². The van der Waals surface area contributed by atoms with E-state index in [-0.39, 0.29) is 34.8 Å². The molecule has 0 bridgehead atoms. The highest BCUT2D eigenvalue weighted by atomic mass is 127. The Labute approximate surface area is 182 Å². The maximum atomic E-state index is 12.1. The molecule has 3 N–H and O–H groups in total. The van der Waals surface area contributed by atoms with Crippen molar-refractivity contribution in [3.05, 3.63) is 48.0 Å². The van der Waals surface area contributed by atoms with Gasteiger partial charge in [-0.05, 0) is 29.8 Å². The summed E-state index contributed by atoms with van der Waals surface area (Å²) in [5.41, 5.74) is 7.47. The molecule has 0 aromatic heterocycles. The summed E-state index contributed by atoms with van der Waals surface area (Å²) in [5, 5.41) is 2.98. The molecule has 2 aromatic rings. The van der Waals surface area contributed by atoms with Crippen LogP contribution in [0, 0.1) is 0 Å². The van der Waals surface area contributed by atoms with Gasteiger partial charge in [0.05, 0.1) is 25.7 Å². The lowest BCUT2D eigenvalue weighted by Gasteiger charge is -2.12. The van der Waals surface area contributed by atoms with E-state index >= 15 is 0 Å². The fourth-order valence-electron chi connectivity index (χ4n) is 2.26. The van der Waals surface area contributed by atoms with E-state index in [0.29, 0.717) is 23.7 Å². The molecule has 0 aliphatic rings. The third-order valence-electron chi connectivity index (χ3n) is 3.79. The molecule has 0 saturated carbocycles. The minimum absolute atomic E-state index is 0. The van der Waals surface area contributed by atoms with Gasteiger partial charge in [-0.2, -0.15) is 0 Å². The number of methoxy groups -OCH3 is 2. The Hall–Kier alpha value is -2.05. The van der Waals surface area contributed by atoms with Gasteiger partial charge in [-0.25, -0.2) is 17.7 Å². The Bertz CT molecular complexity index is 916. The predicted molar refractivity (Wildman–Crippen MR) is 121 cm³/mol. The number of nitrogens with zero attached hydrogens (tertiary/aromatic N) is 2. The van der Waals surface area contributed by atoms with Crippen molar-refractivity contribution in [2.75, 3.05) is 33.6 Å². The molecule has 2 aromatic carbocycles. The van der Waals surface area contributed by atoms with Gasteiger partial charge in [-0.1, -0.05) is 12.1 Å². The van der Waals surface area contributed by atoms with Gasteiger partial charge in [0.1, 0.15) is 0 Å². The van der Waals surface area contributed by atoms with Crippen molar-refractivity contribution in [3.63, 3.8) is 0 Å². The van der Waals surface area contributed by atoms with Crippen molar-refractivity contribution in [3.8, 4) is 11.5 Å². The molecule has 8 nitrogen and oxygen atoms in total. The first-order valence-electron chi connectivity index (χ1n) is 8.08. The Kier molecular flexibility index (Phi) is 8.98. The molecule has 154 valence electrons. The number of rotatable bonds is 7. The zero-order valence-electron chi connectivity index (χ0n) is 16.2. The molecule has 0 unspecified atom stereocenters. The van der Waals surface area contributed by atoms with E-state index in [1.165, 1.54) is 18.4 Å². The zero-order valence-corrected chi connectivity index (χ0v) is 19.3. The molecule has 0 amide bonds. The van der Waals surface area contributed by atoms with Gasteiger partial charge in [-0.3, -0.25) is 0 Å². The Morgan fingerprint density at radius 3 is 2.21 bits per heavy atom. The lowest BCUT2D eigenvalue weighted by molar-refractivity contribution is 0.355. The highest BCUT2D eigenvalue weighted by Crippen LogP contribution is 2.29. The van der Waals surface area contributed by atoms with E-state index in [1.807, 2.05) is 0 Å². The lowest BCUT2D eigenvalue weighted by Crippen LogP contribution is -2.22. The third-order valence-corrected chi connectivity index (χ3v) is 5.62. The fourth-order valence-corrected chi connectivity index (χ4v) is 3.16. The van der Waals surface area contributed by atoms with Crippen LogP contribution >= 0.6 is 24.0 Å². The summed E-state index contributed by atoms with van der Waals surface area (Å²) in [7, 11) is 2.67. The van der Waals surface area contributed by atoms with Crippen molar-refractivity contribution < 1.29 is 17.9 Å². The van der Waals surface area contributed by atoms with E-state index in [4.69, 9.17) is 15.2 Å². The van der Waals surface area contributed by atoms with Crippen LogP contribution in [0.1, 0.15) is 5.56 Å². The topological polar surface area (TPSA) is 106 Å². The van der Waals surface area contributed by atoms with Crippen molar-refractivity contribution in [1.82, 2.24) is 4.31 Å². The number of ether oxygens (including phenoxy) is 2. The van der Waals surface area contributed by atoms with Crippen LogP contribution in [0.25, 0.3) is 0 Å². The van der Waals surface area contributed by atoms with Crippen molar-refractivity contribution in [2.45, 2.75) is 11.4 Å². The monoisotopic (exact) mass is 520 g/mol. The lowest BCUT2D eigenvalue weighted by atomic mass is 10.2. The summed E-state index contributed by atoms with van der Waals surface area (Å²) < 4.78 is 35.7. The molecule has 0 saturated heterocycles. The van der Waals surface area contributed by atoms with Gasteiger partial charge in [-0.15, -0.1) is 24.0 Å². The minimum atomic E-state index is -3.44. The Morgan fingerprint density at radius 2 is 1.68 bits per heavy atom. The quantitative estimate of drug-likeness (QED) is 0.330. The summed E-state index contributed by atoms with van der Waals surface area (Å²) in [6.45, 7) is 0.314. The number of benzene rings is 2. The molecule has 0 aliphatic heterocycles. The minimum Gasteiger partial charge on any atom is -0.493 e. The maximum Gasteiger partial charge on any atom is 0.242 e. The molecule has 28 heavy (non-hydrogen) atoms. The molecule has 0 aliphatic carbocycles. The van der Waals surface area contributed by atoms with Crippen molar-refractivity contribution in [1.29, 1.82) is 0 Å². The number of nitrogens with two attached hydrogens (primary N) is 1. The number of guanidine groups is 1. The van der Waals surface area contributed by atoms with Crippen LogP contribution in [0.4, 0.5) is 5.69 Å². The van der Waals surface area contributed by atoms with Gasteiger partial charge >= 0.3 is 0 Å². The first-order valence-corrected chi connectivity index (χ1v) is 9.52. The van der Waals surface area contributed by atoms with Gasteiger partial charge in [0, 0.05) is 25.8 Å². The summed E-state index contributed by atoms with van der Waals surface area (Å²) in [6.07, 6.45) is 0. The first kappa shape index (κ1) is 24.0. The number of anilines is 1. The van der Waals surface area contributed by atoms with E-state index < -0.39 is 10.0 Å². The Morgan fingerprint density at radius 1 is 1.07 bits per heavy atom. The standard InChI is InChI=1S/C18H24N4O4S.HI/c1-22(2)27(23,24)15-8-5-13(6-9-15)12-20-18(19)21-14-7-10-16(25-3)17(11-14)26-4;/h5-11H,12H2,1-4H3,(H3,19,20,21);1H. The normalized spacial score (nSPS) is 11.7. The van der Waals surface area contributed by atoms with Gasteiger partial charge in [0.2, 0.25) is 10.0 Å². The predicted octanol–water partition coefficient (Wildman–Crippen LogP) is 2.50. The molecule has 0 radical (unpaired) electrons. The number of aliphatic imine (C=N–C) groups is 1. The summed E-state index contributed by atoms with van der Waals surface area (Å²) in [6, 6.07) is 11.8. The van der Waals surface area contributed by atoms with E-state index in [1.54, 1.807) is 56.7 Å². The molecular weight excluding hydrogens is 495 g/mol.